The highest BCUT2D eigenvalue weighted by Gasteiger charge is 2.26. The molecule has 0 saturated heterocycles. The Morgan fingerprint density at radius 1 is 0.917 bits per heavy atom. The molecule has 1 aliphatic rings. The molecule has 0 aliphatic heterocycles. The van der Waals surface area contributed by atoms with Crippen LogP contribution in [0.4, 0.5) is 5.82 Å². The van der Waals surface area contributed by atoms with E-state index in [9.17, 15) is 0 Å². The number of nitrogens with zero attached hydrogens (tertiary/aromatic N) is 3. The third-order valence-corrected chi connectivity index (χ3v) is 7.02. The summed E-state index contributed by atoms with van der Waals surface area (Å²) in [6.07, 6.45) is 8.64. The van der Waals surface area contributed by atoms with Crippen molar-refractivity contribution >= 4 is 16.9 Å². The maximum Gasteiger partial charge on any atom is 0.145 e. The standard InChI is InChI=1S/C29H36N6O/c1-30-28-27-14-17-35(29(27)34-21-33-28)24-11-8-23(18-24)20-32-16-5-15-31-19-22-9-12-26(13-10-22)36-25-6-3-2-4-7-25/h2-4,6-7,9-10,12-14,17,21,23-24,31-32H,5,8,11,15-16,18-20H2,1H3,(H,30,33,34). The summed E-state index contributed by atoms with van der Waals surface area (Å²) in [7, 11) is 1.91. The topological polar surface area (TPSA) is 76.0 Å². The van der Waals surface area contributed by atoms with Gasteiger partial charge in [-0.2, -0.15) is 0 Å². The summed E-state index contributed by atoms with van der Waals surface area (Å²) in [5.41, 5.74) is 2.31. The summed E-state index contributed by atoms with van der Waals surface area (Å²) in [6, 6.07) is 20.9. The zero-order valence-electron chi connectivity index (χ0n) is 21.0. The van der Waals surface area contributed by atoms with Gasteiger partial charge in [0.05, 0.1) is 5.39 Å². The summed E-state index contributed by atoms with van der Waals surface area (Å²) in [4.78, 5) is 8.88. The van der Waals surface area contributed by atoms with Gasteiger partial charge in [0.25, 0.3) is 0 Å². The van der Waals surface area contributed by atoms with Gasteiger partial charge in [0.1, 0.15) is 29.3 Å². The van der Waals surface area contributed by atoms with Gasteiger partial charge in [0, 0.05) is 25.8 Å². The molecule has 0 bridgehead atoms. The molecule has 5 rings (SSSR count). The Hall–Kier alpha value is -3.42. The molecule has 0 radical (unpaired) electrons. The van der Waals surface area contributed by atoms with E-state index in [1.165, 1.54) is 24.8 Å². The summed E-state index contributed by atoms with van der Waals surface area (Å²) >= 11 is 0. The van der Waals surface area contributed by atoms with Gasteiger partial charge in [0.15, 0.2) is 0 Å². The van der Waals surface area contributed by atoms with E-state index in [-0.39, 0.29) is 0 Å². The predicted molar refractivity (Wildman–Crippen MR) is 146 cm³/mol. The van der Waals surface area contributed by atoms with Crippen molar-refractivity contribution in [3.63, 3.8) is 0 Å². The summed E-state index contributed by atoms with van der Waals surface area (Å²) in [5, 5.41) is 11.5. The number of rotatable bonds is 12. The first-order valence-corrected chi connectivity index (χ1v) is 13.0. The van der Waals surface area contributed by atoms with E-state index >= 15 is 0 Å². The molecule has 1 aliphatic carbocycles. The lowest BCUT2D eigenvalue weighted by Gasteiger charge is -2.15. The molecule has 2 atom stereocenters. The van der Waals surface area contributed by atoms with E-state index in [0.717, 1.165) is 66.9 Å². The van der Waals surface area contributed by atoms with Gasteiger partial charge in [-0.1, -0.05) is 30.3 Å². The molecule has 2 aromatic heterocycles. The summed E-state index contributed by atoms with van der Waals surface area (Å²) < 4.78 is 8.21. The maximum atomic E-state index is 5.86. The molecule has 0 amide bonds. The number of hydrogen-bond donors (Lipinski definition) is 3. The van der Waals surface area contributed by atoms with Gasteiger partial charge in [-0.05, 0) is 87.1 Å². The molecule has 2 heterocycles. The number of benzene rings is 2. The van der Waals surface area contributed by atoms with Crippen molar-refractivity contribution in [2.75, 3.05) is 32.0 Å². The van der Waals surface area contributed by atoms with Crippen LogP contribution < -0.4 is 20.7 Å². The highest BCUT2D eigenvalue weighted by atomic mass is 16.5. The van der Waals surface area contributed by atoms with Crippen LogP contribution >= 0.6 is 0 Å². The monoisotopic (exact) mass is 484 g/mol. The first kappa shape index (κ1) is 24.3. The number of hydrogen-bond acceptors (Lipinski definition) is 6. The van der Waals surface area contributed by atoms with Crippen molar-refractivity contribution in [3.8, 4) is 11.5 Å². The minimum absolute atomic E-state index is 0.528. The van der Waals surface area contributed by atoms with Crippen LogP contribution in [0.15, 0.2) is 73.2 Å². The Bertz CT molecular complexity index is 1220. The second-order valence-corrected chi connectivity index (χ2v) is 9.56. The van der Waals surface area contributed by atoms with Crippen molar-refractivity contribution in [1.29, 1.82) is 0 Å². The van der Waals surface area contributed by atoms with Crippen LogP contribution in [0.5, 0.6) is 11.5 Å². The van der Waals surface area contributed by atoms with Crippen LogP contribution in [-0.4, -0.2) is 41.2 Å². The van der Waals surface area contributed by atoms with Gasteiger partial charge in [-0.3, -0.25) is 0 Å². The van der Waals surface area contributed by atoms with Crippen molar-refractivity contribution in [3.05, 3.63) is 78.8 Å². The normalized spacial score (nSPS) is 17.5. The highest BCUT2D eigenvalue weighted by molar-refractivity contribution is 5.87. The zero-order chi connectivity index (χ0) is 24.6. The van der Waals surface area contributed by atoms with Crippen molar-refractivity contribution in [2.45, 2.75) is 38.3 Å². The average molecular weight is 485 g/mol. The summed E-state index contributed by atoms with van der Waals surface area (Å²) in [5.74, 6) is 3.35. The second kappa shape index (κ2) is 12.0. The Balaban J connectivity index is 0.967. The number of anilines is 1. The molecule has 7 heteroatoms. The molecule has 36 heavy (non-hydrogen) atoms. The van der Waals surface area contributed by atoms with Crippen molar-refractivity contribution in [1.82, 2.24) is 25.2 Å². The van der Waals surface area contributed by atoms with Crippen LogP contribution in [0, 0.1) is 5.92 Å². The van der Waals surface area contributed by atoms with Crippen molar-refractivity contribution < 1.29 is 4.74 Å². The fourth-order valence-electron chi connectivity index (χ4n) is 5.13. The van der Waals surface area contributed by atoms with Crippen molar-refractivity contribution in [2.24, 2.45) is 5.92 Å². The van der Waals surface area contributed by atoms with E-state index in [1.807, 2.05) is 49.5 Å². The van der Waals surface area contributed by atoms with E-state index < -0.39 is 0 Å². The SMILES string of the molecule is CNc1ncnc2c1ccn2C1CCC(CNCCCNCc2ccc(Oc3ccccc3)cc2)C1. The van der Waals surface area contributed by atoms with Gasteiger partial charge < -0.3 is 25.3 Å². The molecular formula is C29H36N6O. The quantitative estimate of drug-likeness (QED) is 0.235. The zero-order valence-corrected chi connectivity index (χ0v) is 21.0. The van der Waals surface area contributed by atoms with E-state index in [1.54, 1.807) is 6.33 Å². The lowest BCUT2D eigenvalue weighted by Crippen LogP contribution is -2.25. The smallest absolute Gasteiger partial charge is 0.145 e. The molecule has 3 N–H and O–H groups in total. The molecule has 1 fully saturated rings. The van der Waals surface area contributed by atoms with E-state index in [2.05, 4.69) is 54.9 Å². The lowest BCUT2D eigenvalue weighted by molar-refractivity contribution is 0.452. The summed E-state index contributed by atoms with van der Waals surface area (Å²) in [6.45, 7) is 4.02. The number of nitrogens with one attached hydrogen (secondary N) is 3. The minimum Gasteiger partial charge on any atom is -0.457 e. The Labute approximate surface area is 213 Å². The van der Waals surface area contributed by atoms with Crippen LogP contribution in [0.25, 0.3) is 11.0 Å². The lowest BCUT2D eigenvalue weighted by atomic mass is 10.1. The molecule has 2 aromatic carbocycles. The molecule has 4 aromatic rings. The third kappa shape index (κ3) is 6.04. The van der Waals surface area contributed by atoms with Crippen LogP contribution in [0.3, 0.4) is 0 Å². The molecule has 188 valence electrons. The number of para-hydroxylation sites is 1. The van der Waals surface area contributed by atoms with E-state index in [4.69, 9.17) is 4.74 Å². The van der Waals surface area contributed by atoms with Crippen LogP contribution in [0.1, 0.15) is 37.3 Å². The number of ether oxygens (including phenoxy) is 1. The number of aromatic nitrogens is 3. The fraction of sp³-hybridized carbons (Fsp3) is 0.379. The molecule has 1 saturated carbocycles. The average Bonchev–Trinajstić information content (AvgIpc) is 3.56. The Morgan fingerprint density at radius 3 is 2.56 bits per heavy atom. The van der Waals surface area contributed by atoms with Crippen LogP contribution in [-0.2, 0) is 6.54 Å². The maximum absolute atomic E-state index is 5.86. The fourth-order valence-corrected chi connectivity index (χ4v) is 5.13. The van der Waals surface area contributed by atoms with Gasteiger partial charge in [0.2, 0.25) is 0 Å². The van der Waals surface area contributed by atoms with Gasteiger partial charge in [-0.25, -0.2) is 9.97 Å². The van der Waals surface area contributed by atoms with E-state index in [0.29, 0.717) is 6.04 Å². The Morgan fingerprint density at radius 2 is 1.72 bits per heavy atom. The molecule has 7 nitrogen and oxygen atoms in total. The predicted octanol–water partition coefficient (Wildman–Crippen LogP) is 5.38. The van der Waals surface area contributed by atoms with Crippen LogP contribution in [0.2, 0.25) is 0 Å². The minimum atomic E-state index is 0.528. The second-order valence-electron chi connectivity index (χ2n) is 9.56. The third-order valence-electron chi connectivity index (χ3n) is 7.02. The van der Waals surface area contributed by atoms with Gasteiger partial charge >= 0.3 is 0 Å². The molecule has 2 unspecified atom stereocenters. The first-order chi connectivity index (χ1) is 17.8. The Kier molecular flexibility index (Phi) is 8.10. The highest BCUT2D eigenvalue weighted by Crippen LogP contribution is 2.36. The molecular weight excluding hydrogens is 448 g/mol. The first-order valence-electron chi connectivity index (χ1n) is 13.0. The largest absolute Gasteiger partial charge is 0.457 e. The molecule has 0 spiro atoms. The number of fused-ring (bicyclic) bond motifs is 1. The van der Waals surface area contributed by atoms with Gasteiger partial charge in [-0.15, -0.1) is 0 Å².